The molecule has 5 nitrogen and oxygen atoms in total. The molecule has 32 heavy (non-hydrogen) atoms. The fourth-order valence-corrected chi connectivity index (χ4v) is 5.70. The van der Waals surface area contributed by atoms with Crippen LogP contribution in [0.25, 0.3) is 0 Å². The van der Waals surface area contributed by atoms with Gasteiger partial charge in [-0.2, -0.15) is 4.31 Å². The highest BCUT2D eigenvalue weighted by molar-refractivity contribution is 7.89. The lowest BCUT2D eigenvalue weighted by atomic mass is 10.1. The third-order valence-electron chi connectivity index (χ3n) is 5.65. The molecule has 4 rings (SSSR count). The molecular weight excluding hydrogens is 427 g/mol. The number of hydrogen-bond acceptors (Lipinski definition) is 3. The van der Waals surface area contributed by atoms with E-state index in [-0.39, 0.29) is 17.3 Å². The van der Waals surface area contributed by atoms with Crippen LogP contribution in [-0.4, -0.2) is 36.1 Å². The molecule has 1 atom stereocenters. The predicted octanol–water partition coefficient (Wildman–Crippen LogP) is 4.21. The van der Waals surface area contributed by atoms with Gasteiger partial charge in [0.15, 0.2) is 0 Å². The summed E-state index contributed by atoms with van der Waals surface area (Å²) in [6, 6.07) is 23.3. The van der Waals surface area contributed by atoms with Crippen molar-refractivity contribution in [3.8, 4) is 0 Å². The Kier molecular flexibility index (Phi) is 6.67. The summed E-state index contributed by atoms with van der Waals surface area (Å²) in [5.74, 6) is -0.726. The molecule has 1 fully saturated rings. The monoisotopic (exact) mass is 452 g/mol. The normalized spacial score (nSPS) is 16.7. The van der Waals surface area contributed by atoms with Crippen LogP contribution in [0.2, 0.25) is 0 Å². The Morgan fingerprint density at radius 1 is 0.875 bits per heavy atom. The number of carbonyl (C=O) groups is 1. The van der Waals surface area contributed by atoms with E-state index in [2.05, 4.69) is 0 Å². The third kappa shape index (κ3) is 4.89. The van der Waals surface area contributed by atoms with Gasteiger partial charge in [0.1, 0.15) is 11.9 Å². The van der Waals surface area contributed by atoms with Crippen LogP contribution in [0.4, 0.5) is 4.39 Å². The van der Waals surface area contributed by atoms with Crippen molar-refractivity contribution < 1.29 is 17.6 Å². The van der Waals surface area contributed by atoms with Gasteiger partial charge in [-0.25, -0.2) is 12.8 Å². The van der Waals surface area contributed by atoms with Crippen molar-refractivity contribution in [3.63, 3.8) is 0 Å². The van der Waals surface area contributed by atoms with E-state index >= 15 is 0 Å². The Bertz CT molecular complexity index is 1110. The van der Waals surface area contributed by atoms with Crippen molar-refractivity contribution in [2.45, 2.75) is 36.9 Å². The van der Waals surface area contributed by atoms with Crippen LogP contribution in [0.5, 0.6) is 0 Å². The summed E-state index contributed by atoms with van der Waals surface area (Å²) in [6.07, 6.45) is 1.06. The second kappa shape index (κ2) is 9.63. The van der Waals surface area contributed by atoms with Crippen LogP contribution < -0.4 is 0 Å². The molecule has 0 N–H and O–H groups in total. The molecule has 0 aromatic heterocycles. The molecule has 0 aliphatic carbocycles. The van der Waals surface area contributed by atoms with Gasteiger partial charge in [-0.05, 0) is 48.2 Å². The summed E-state index contributed by atoms with van der Waals surface area (Å²) < 4.78 is 41.0. The van der Waals surface area contributed by atoms with Crippen LogP contribution in [-0.2, 0) is 27.9 Å². The number of hydrogen-bond donors (Lipinski definition) is 0. The van der Waals surface area contributed by atoms with Gasteiger partial charge in [0.2, 0.25) is 15.9 Å². The SMILES string of the molecule is O=C(C1CCCN1S(=O)(=O)c1ccc(F)cc1)N(Cc1ccccc1)Cc1ccccc1. The standard InChI is InChI=1S/C25H25FN2O3S/c26-22-13-15-23(16-14-22)32(30,31)28-17-7-12-24(28)25(29)27(18-20-8-3-1-4-9-20)19-21-10-5-2-6-11-21/h1-6,8-11,13-16,24H,7,12,17-19H2. The topological polar surface area (TPSA) is 57.7 Å². The third-order valence-corrected chi connectivity index (χ3v) is 7.58. The Morgan fingerprint density at radius 2 is 1.41 bits per heavy atom. The van der Waals surface area contributed by atoms with Gasteiger partial charge in [0.25, 0.3) is 0 Å². The quantitative estimate of drug-likeness (QED) is 0.540. The molecule has 1 amide bonds. The maximum Gasteiger partial charge on any atom is 0.243 e. The average molecular weight is 453 g/mol. The van der Waals surface area contributed by atoms with Gasteiger partial charge in [-0.1, -0.05) is 60.7 Å². The zero-order valence-corrected chi connectivity index (χ0v) is 18.4. The van der Waals surface area contributed by atoms with Crippen LogP contribution in [0.3, 0.4) is 0 Å². The minimum absolute atomic E-state index is 0.00345. The lowest BCUT2D eigenvalue weighted by Crippen LogP contribution is -2.47. The molecule has 3 aromatic rings. The molecular formula is C25H25FN2O3S. The lowest BCUT2D eigenvalue weighted by molar-refractivity contribution is -0.135. The molecule has 0 saturated carbocycles. The molecule has 1 aliphatic heterocycles. The van der Waals surface area contributed by atoms with E-state index in [9.17, 15) is 17.6 Å². The molecule has 1 unspecified atom stereocenters. The number of halogens is 1. The summed E-state index contributed by atoms with van der Waals surface area (Å²) in [6.45, 7) is 1.03. The number of benzene rings is 3. The van der Waals surface area contributed by atoms with Crippen molar-refractivity contribution in [2.24, 2.45) is 0 Å². The van der Waals surface area contributed by atoms with Gasteiger partial charge >= 0.3 is 0 Å². The van der Waals surface area contributed by atoms with E-state index < -0.39 is 21.9 Å². The van der Waals surface area contributed by atoms with E-state index in [1.54, 1.807) is 4.90 Å². The van der Waals surface area contributed by atoms with Gasteiger partial charge in [0, 0.05) is 19.6 Å². The molecule has 3 aromatic carbocycles. The van der Waals surface area contributed by atoms with Crippen LogP contribution >= 0.6 is 0 Å². The molecule has 0 bridgehead atoms. The van der Waals surface area contributed by atoms with Crippen molar-refractivity contribution in [1.82, 2.24) is 9.21 Å². The van der Waals surface area contributed by atoms with Gasteiger partial charge in [0.05, 0.1) is 4.90 Å². The molecule has 166 valence electrons. The Balaban J connectivity index is 1.62. The van der Waals surface area contributed by atoms with Gasteiger partial charge in [-0.15, -0.1) is 0 Å². The number of sulfonamides is 1. The molecule has 7 heteroatoms. The minimum atomic E-state index is -3.91. The number of carbonyl (C=O) groups excluding carboxylic acids is 1. The summed E-state index contributed by atoms with van der Waals surface area (Å²) in [4.78, 5) is 15.4. The maximum atomic E-state index is 13.7. The molecule has 0 radical (unpaired) electrons. The first-order chi connectivity index (χ1) is 15.4. The fourth-order valence-electron chi connectivity index (χ4n) is 4.05. The van der Waals surface area contributed by atoms with Crippen LogP contribution in [0.1, 0.15) is 24.0 Å². The first kappa shape index (κ1) is 22.2. The van der Waals surface area contributed by atoms with Gasteiger partial charge < -0.3 is 4.90 Å². The van der Waals surface area contributed by atoms with Crippen molar-refractivity contribution >= 4 is 15.9 Å². The maximum absolute atomic E-state index is 13.7. The fraction of sp³-hybridized carbons (Fsp3) is 0.240. The molecule has 1 saturated heterocycles. The van der Waals surface area contributed by atoms with Crippen molar-refractivity contribution in [2.75, 3.05) is 6.54 Å². The highest BCUT2D eigenvalue weighted by Crippen LogP contribution is 2.28. The van der Waals surface area contributed by atoms with Crippen molar-refractivity contribution in [1.29, 1.82) is 0 Å². The summed E-state index contributed by atoms with van der Waals surface area (Å²) in [5.41, 5.74) is 1.95. The smallest absolute Gasteiger partial charge is 0.243 e. The zero-order chi connectivity index (χ0) is 22.6. The second-order valence-electron chi connectivity index (χ2n) is 7.89. The van der Waals surface area contributed by atoms with Crippen LogP contribution in [0.15, 0.2) is 89.8 Å². The van der Waals surface area contributed by atoms with E-state index in [0.29, 0.717) is 25.9 Å². The Labute approximate surface area is 188 Å². The lowest BCUT2D eigenvalue weighted by Gasteiger charge is -2.30. The molecule has 1 heterocycles. The van der Waals surface area contributed by atoms with Crippen molar-refractivity contribution in [3.05, 3.63) is 102 Å². The predicted molar refractivity (Wildman–Crippen MR) is 120 cm³/mol. The Morgan fingerprint density at radius 3 is 1.94 bits per heavy atom. The average Bonchev–Trinajstić information content (AvgIpc) is 3.31. The van der Waals surface area contributed by atoms with Gasteiger partial charge in [-0.3, -0.25) is 4.79 Å². The highest BCUT2D eigenvalue weighted by atomic mass is 32.2. The number of amides is 1. The zero-order valence-electron chi connectivity index (χ0n) is 17.6. The molecule has 1 aliphatic rings. The highest BCUT2D eigenvalue weighted by Gasteiger charge is 2.41. The largest absolute Gasteiger partial charge is 0.333 e. The molecule has 0 spiro atoms. The minimum Gasteiger partial charge on any atom is -0.333 e. The van der Waals surface area contributed by atoms with Crippen LogP contribution in [0, 0.1) is 5.82 Å². The number of rotatable bonds is 7. The number of nitrogens with zero attached hydrogens (tertiary/aromatic N) is 2. The first-order valence-electron chi connectivity index (χ1n) is 10.6. The summed E-state index contributed by atoms with van der Waals surface area (Å²) in [5, 5.41) is 0. The summed E-state index contributed by atoms with van der Waals surface area (Å²) >= 11 is 0. The van der Waals surface area contributed by atoms with E-state index in [4.69, 9.17) is 0 Å². The summed E-state index contributed by atoms with van der Waals surface area (Å²) in [7, 11) is -3.91. The Hall–Kier alpha value is -3.03. The first-order valence-corrected chi connectivity index (χ1v) is 12.0. The second-order valence-corrected chi connectivity index (χ2v) is 9.78. The van der Waals surface area contributed by atoms with E-state index in [0.717, 1.165) is 23.3 Å². The van der Waals surface area contributed by atoms with E-state index in [1.165, 1.54) is 16.4 Å². The van der Waals surface area contributed by atoms with E-state index in [1.807, 2.05) is 60.7 Å².